The predicted octanol–water partition coefficient (Wildman–Crippen LogP) is 1.66. The largest absolute Gasteiger partial charge is 0.348 e. The summed E-state index contributed by atoms with van der Waals surface area (Å²) in [6.07, 6.45) is 1.77. The first kappa shape index (κ1) is 17.2. The summed E-state index contributed by atoms with van der Waals surface area (Å²) >= 11 is 0. The first-order chi connectivity index (χ1) is 12.5. The number of amides is 1. The van der Waals surface area contributed by atoms with Gasteiger partial charge in [0.05, 0.1) is 4.90 Å². The van der Waals surface area contributed by atoms with Gasteiger partial charge in [0.2, 0.25) is 10.0 Å². The number of fused-ring (bicyclic) bond motifs is 1. The van der Waals surface area contributed by atoms with Crippen molar-refractivity contribution < 1.29 is 13.2 Å². The van der Waals surface area contributed by atoms with Crippen molar-refractivity contribution in [3.8, 4) is 0 Å². The Bertz CT molecular complexity index is 935. The molecule has 0 aromatic heterocycles. The number of nitrogens with one attached hydrogen (secondary N) is 3. The zero-order valence-electron chi connectivity index (χ0n) is 14.3. The van der Waals surface area contributed by atoms with Gasteiger partial charge >= 0.3 is 0 Å². The van der Waals surface area contributed by atoms with Gasteiger partial charge in [0.15, 0.2) is 0 Å². The van der Waals surface area contributed by atoms with Gasteiger partial charge < -0.3 is 10.6 Å². The molecule has 1 fully saturated rings. The second-order valence-electron chi connectivity index (χ2n) is 6.81. The Morgan fingerprint density at radius 3 is 2.50 bits per heavy atom. The van der Waals surface area contributed by atoms with Crippen molar-refractivity contribution in [1.29, 1.82) is 0 Å². The molecule has 0 saturated heterocycles. The van der Waals surface area contributed by atoms with Crippen molar-refractivity contribution in [2.45, 2.75) is 43.4 Å². The summed E-state index contributed by atoms with van der Waals surface area (Å²) in [6, 6.07) is 12.3. The monoisotopic (exact) mass is 371 g/mol. The van der Waals surface area contributed by atoms with Crippen molar-refractivity contribution in [1.82, 2.24) is 15.4 Å². The summed E-state index contributed by atoms with van der Waals surface area (Å²) in [5.41, 5.74) is 4.07. The average molecular weight is 371 g/mol. The molecule has 1 saturated carbocycles. The van der Waals surface area contributed by atoms with Gasteiger partial charge in [-0.1, -0.05) is 18.2 Å². The van der Waals surface area contributed by atoms with Crippen LogP contribution in [0, 0.1) is 0 Å². The van der Waals surface area contributed by atoms with Crippen molar-refractivity contribution in [2.24, 2.45) is 0 Å². The predicted molar refractivity (Wildman–Crippen MR) is 97.9 cm³/mol. The second-order valence-corrected chi connectivity index (χ2v) is 8.52. The molecule has 26 heavy (non-hydrogen) atoms. The molecule has 0 unspecified atom stereocenters. The van der Waals surface area contributed by atoms with Crippen LogP contribution < -0.4 is 15.4 Å². The van der Waals surface area contributed by atoms with Gasteiger partial charge in [0, 0.05) is 31.2 Å². The van der Waals surface area contributed by atoms with Gasteiger partial charge in [-0.25, -0.2) is 13.1 Å². The van der Waals surface area contributed by atoms with Crippen LogP contribution in [-0.2, 0) is 29.7 Å². The Morgan fingerprint density at radius 2 is 1.77 bits per heavy atom. The molecule has 7 heteroatoms. The molecular weight excluding hydrogens is 350 g/mol. The molecule has 4 rings (SSSR count). The van der Waals surface area contributed by atoms with E-state index >= 15 is 0 Å². The van der Waals surface area contributed by atoms with Crippen molar-refractivity contribution >= 4 is 15.9 Å². The third-order valence-corrected chi connectivity index (χ3v) is 6.22. The number of hydrogen-bond acceptors (Lipinski definition) is 4. The summed E-state index contributed by atoms with van der Waals surface area (Å²) < 4.78 is 26.9. The molecule has 0 radical (unpaired) electrons. The normalized spacial score (nSPS) is 16.3. The Morgan fingerprint density at radius 1 is 1.04 bits per heavy atom. The van der Waals surface area contributed by atoms with E-state index in [-0.39, 0.29) is 16.8 Å². The van der Waals surface area contributed by atoms with Crippen LogP contribution in [0.5, 0.6) is 0 Å². The van der Waals surface area contributed by atoms with Crippen LogP contribution in [0.3, 0.4) is 0 Å². The molecule has 6 nitrogen and oxygen atoms in total. The summed E-state index contributed by atoms with van der Waals surface area (Å²) in [5, 5.41) is 6.18. The molecule has 1 heterocycles. The third kappa shape index (κ3) is 3.80. The van der Waals surface area contributed by atoms with Crippen LogP contribution >= 0.6 is 0 Å². The Labute approximate surface area is 153 Å². The van der Waals surface area contributed by atoms with E-state index in [1.807, 2.05) is 6.07 Å². The van der Waals surface area contributed by atoms with Crippen LogP contribution in [0.15, 0.2) is 47.4 Å². The molecule has 1 amide bonds. The van der Waals surface area contributed by atoms with E-state index in [0.29, 0.717) is 12.1 Å². The second kappa shape index (κ2) is 6.83. The lowest BCUT2D eigenvalue weighted by Gasteiger charge is -2.09. The zero-order valence-corrected chi connectivity index (χ0v) is 15.1. The third-order valence-electron chi connectivity index (χ3n) is 4.68. The lowest BCUT2D eigenvalue weighted by molar-refractivity contribution is 0.0951. The van der Waals surface area contributed by atoms with E-state index in [1.54, 1.807) is 12.1 Å². The summed E-state index contributed by atoms with van der Waals surface area (Å²) in [6.45, 7) is 2.20. The quantitative estimate of drug-likeness (QED) is 0.721. The van der Waals surface area contributed by atoms with Gasteiger partial charge in [-0.2, -0.15) is 0 Å². The summed E-state index contributed by atoms with van der Waals surface area (Å²) in [5.74, 6) is -0.220. The highest BCUT2D eigenvalue weighted by molar-refractivity contribution is 7.89. The van der Waals surface area contributed by atoms with Crippen molar-refractivity contribution in [2.75, 3.05) is 0 Å². The van der Waals surface area contributed by atoms with Crippen LogP contribution in [0.4, 0.5) is 0 Å². The Balaban J connectivity index is 1.38. The van der Waals surface area contributed by atoms with Gasteiger partial charge in [-0.15, -0.1) is 0 Å². The first-order valence-corrected chi connectivity index (χ1v) is 10.2. The van der Waals surface area contributed by atoms with E-state index in [2.05, 4.69) is 27.5 Å². The minimum absolute atomic E-state index is 0.0606. The fraction of sp³-hybridized carbons (Fsp3) is 0.316. The number of rotatable bonds is 6. The van der Waals surface area contributed by atoms with E-state index in [9.17, 15) is 13.2 Å². The van der Waals surface area contributed by atoms with Crippen LogP contribution in [0.2, 0.25) is 0 Å². The fourth-order valence-corrected chi connectivity index (χ4v) is 4.32. The van der Waals surface area contributed by atoms with Crippen LogP contribution in [-0.4, -0.2) is 20.4 Å². The van der Waals surface area contributed by atoms with E-state index in [0.717, 1.165) is 31.5 Å². The molecule has 136 valence electrons. The smallest absolute Gasteiger partial charge is 0.251 e. The summed E-state index contributed by atoms with van der Waals surface area (Å²) in [4.78, 5) is 12.5. The van der Waals surface area contributed by atoms with E-state index in [1.165, 1.54) is 23.3 Å². The van der Waals surface area contributed by atoms with Gasteiger partial charge in [0.25, 0.3) is 5.91 Å². The molecule has 0 spiro atoms. The molecule has 2 aromatic carbocycles. The Hall–Kier alpha value is -2.22. The highest BCUT2D eigenvalue weighted by Crippen LogP contribution is 2.22. The number of benzene rings is 2. The van der Waals surface area contributed by atoms with Crippen molar-refractivity contribution in [3.05, 3.63) is 64.7 Å². The maximum absolute atomic E-state index is 12.3. The van der Waals surface area contributed by atoms with Gasteiger partial charge in [0.1, 0.15) is 0 Å². The van der Waals surface area contributed by atoms with Crippen LogP contribution in [0.25, 0.3) is 0 Å². The maximum atomic E-state index is 12.3. The zero-order chi connectivity index (χ0) is 18.1. The lowest BCUT2D eigenvalue weighted by atomic mass is 10.1. The topological polar surface area (TPSA) is 87.3 Å². The van der Waals surface area contributed by atoms with Gasteiger partial charge in [-0.3, -0.25) is 4.79 Å². The molecular formula is C19H21N3O3S. The molecule has 1 aliphatic carbocycles. The number of hydrogen-bond donors (Lipinski definition) is 3. The minimum Gasteiger partial charge on any atom is -0.348 e. The molecule has 3 N–H and O–H groups in total. The fourth-order valence-electron chi connectivity index (χ4n) is 3.02. The standard InChI is InChI=1S/C19H21N3O3S/c23-19(21-10-13-1-2-15-11-20-12-16(15)9-13)14-3-7-18(8-4-14)26(24,25)22-17-5-6-17/h1-4,7-9,17,20,22H,5-6,10-12H2,(H,21,23). The first-order valence-electron chi connectivity index (χ1n) is 8.73. The molecule has 2 aromatic rings. The molecule has 0 bridgehead atoms. The summed E-state index contributed by atoms with van der Waals surface area (Å²) in [7, 11) is -3.49. The molecule has 1 aliphatic heterocycles. The molecule has 0 atom stereocenters. The highest BCUT2D eigenvalue weighted by Gasteiger charge is 2.27. The van der Waals surface area contributed by atoms with Crippen LogP contribution in [0.1, 0.15) is 39.9 Å². The minimum atomic E-state index is -3.49. The average Bonchev–Trinajstić information content (AvgIpc) is 3.31. The highest BCUT2D eigenvalue weighted by atomic mass is 32.2. The Kier molecular flexibility index (Phi) is 4.52. The number of sulfonamides is 1. The number of carbonyl (C=O) groups excluding carboxylic acids is 1. The van der Waals surface area contributed by atoms with E-state index in [4.69, 9.17) is 0 Å². The van der Waals surface area contributed by atoms with Crippen molar-refractivity contribution in [3.63, 3.8) is 0 Å². The maximum Gasteiger partial charge on any atom is 0.251 e. The van der Waals surface area contributed by atoms with Gasteiger partial charge in [-0.05, 0) is 53.8 Å². The van der Waals surface area contributed by atoms with E-state index < -0.39 is 10.0 Å². The lowest BCUT2D eigenvalue weighted by Crippen LogP contribution is -2.26. The molecule has 2 aliphatic rings. The number of carbonyl (C=O) groups is 1. The SMILES string of the molecule is O=C(NCc1ccc2c(c1)CNC2)c1ccc(S(=O)(=O)NC2CC2)cc1.